The quantitative estimate of drug-likeness (QED) is 0.632. The average Bonchev–Trinajstić information content (AvgIpc) is 2.21. The maximum atomic E-state index is 11.0. The lowest BCUT2D eigenvalue weighted by molar-refractivity contribution is -0.140. The van der Waals surface area contributed by atoms with E-state index in [-0.39, 0.29) is 17.0 Å². The monoisotopic (exact) mass is 226 g/mol. The lowest BCUT2D eigenvalue weighted by Crippen LogP contribution is -2.08. The van der Waals surface area contributed by atoms with Crippen LogP contribution in [0.5, 0.6) is 5.75 Å². The van der Waals surface area contributed by atoms with Gasteiger partial charge in [-0.05, 0) is 24.3 Å². The number of benzene rings is 1. The third-order valence-electron chi connectivity index (χ3n) is 1.86. The second kappa shape index (κ2) is 5.66. The van der Waals surface area contributed by atoms with E-state index in [4.69, 9.17) is 5.11 Å². The van der Waals surface area contributed by atoms with Crippen molar-refractivity contribution in [1.82, 2.24) is 0 Å². The van der Waals surface area contributed by atoms with Gasteiger partial charge in [-0.1, -0.05) is 6.92 Å². The summed E-state index contributed by atoms with van der Waals surface area (Å²) in [5.41, 5.74) is 0. The van der Waals surface area contributed by atoms with E-state index in [1.165, 1.54) is 7.11 Å². The molecule has 0 aliphatic rings. The fourth-order valence-corrected chi connectivity index (χ4v) is 2.09. The lowest BCUT2D eigenvalue weighted by atomic mass is 10.3. The minimum absolute atomic E-state index is 0.169. The van der Waals surface area contributed by atoms with E-state index in [9.17, 15) is 4.79 Å². The maximum Gasteiger partial charge on any atom is 0.306 e. The smallest absolute Gasteiger partial charge is 0.306 e. The Morgan fingerprint density at radius 3 is 2.60 bits per heavy atom. The molecule has 1 atom stereocenters. The first-order chi connectivity index (χ1) is 7.11. The van der Waals surface area contributed by atoms with Crippen molar-refractivity contribution in [3.63, 3.8) is 0 Å². The molecule has 0 radical (unpaired) electrons. The largest absolute Gasteiger partial charge is 0.508 e. The van der Waals surface area contributed by atoms with Gasteiger partial charge in [-0.3, -0.25) is 4.79 Å². The summed E-state index contributed by atoms with van der Waals surface area (Å²) in [6.07, 6.45) is 0.391. The minimum Gasteiger partial charge on any atom is -0.508 e. The highest BCUT2D eigenvalue weighted by Crippen LogP contribution is 2.26. The van der Waals surface area contributed by atoms with Crippen LogP contribution in [-0.2, 0) is 9.53 Å². The number of phenolic OH excluding ortho intramolecular Hbond substituents is 1. The van der Waals surface area contributed by atoms with Crippen LogP contribution in [0.1, 0.15) is 13.3 Å². The molecule has 3 nitrogen and oxygen atoms in total. The first kappa shape index (κ1) is 11.9. The summed E-state index contributed by atoms with van der Waals surface area (Å²) in [5, 5.41) is 9.26. The SMILES string of the molecule is COC(=O)CC(C)Sc1ccc(O)cc1. The Labute approximate surface area is 93.4 Å². The van der Waals surface area contributed by atoms with E-state index < -0.39 is 0 Å². The molecular formula is C11H14O3S. The van der Waals surface area contributed by atoms with Crippen LogP contribution in [0, 0.1) is 0 Å². The Hall–Kier alpha value is -1.16. The Morgan fingerprint density at radius 2 is 2.07 bits per heavy atom. The van der Waals surface area contributed by atoms with Crippen LogP contribution in [0.2, 0.25) is 0 Å². The second-order valence-corrected chi connectivity index (χ2v) is 4.71. The van der Waals surface area contributed by atoms with Gasteiger partial charge in [-0.25, -0.2) is 0 Å². The van der Waals surface area contributed by atoms with Crippen molar-refractivity contribution < 1.29 is 14.6 Å². The third-order valence-corrected chi connectivity index (χ3v) is 2.97. The molecule has 4 heteroatoms. The first-order valence-electron chi connectivity index (χ1n) is 4.64. The molecule has 0 bridgehead atoms. The fourth-order valence-electron chi connectivity index (χ4n) is 1.12. The van der Waals surface area contributed by atoms with Crippen molar-refractivity contribution in [2.24, 2.45) is 0 Å². The third kappa shape index (κ3) is 4.25. The highest BCUT2D eigenvalue weighted by Gasteiger charge is 2.10. The average molecular weight is 226 g/mol. The number of hydrogen-bond acceptors (Lipinski definition) is 4. The van der Waals surface area contributed by atoms with Crippen LogP contribution >= 0.6 is 11.8 Å². The summed E-state index contributed by atoms with van der Waals surface area (Å²) >= 11 is 1.58. The molecule has 0 saturated heterocycles. The molecule has 1 N–H and O–H groups in total. The Kier molecular flexibility index (Phi) is 4.49. The zero-order valence-electron chi connectivity index (χ0n) is 8.77. The van der Waals surface area contributed by atoms with Crippen molar-refractivity contribution in [1.29, 1.82) is 0 Å². The number of thioether (sulfide) groups is 1. The van der Waals surface area contributed by atoms with Gasteiger partial charge >= 0.3 is 5.97 Å². The number of phenols is 1. The van der Waals surface area contributed by atoms with Gasteiger partial charge in [-0.2, -0.15) is 0 Å². The van der Waals surface area contributed by atoms with E-state index in [0.717, 1.165) is 4.90 Å². The van der Waals surface area contributed by atoms with Crippen LogP contribution in [0.15, 0.2) is 29.2 Å². The standard InChI is InChI=1S/C11H14O3S/c1-8(7-11(13)14-2)15-10-5-3-9(12)4-6-10/h3-6,8,12H,7H2,1-2H3. The van der Waals surface area contributed by atoms with Crippen molar-refractivity contribution in [2.75, 3.05) is 7.11 Å². The molecule has 0 fully saturated rings. The van der Waals surface area contributed by atoms with E-state index in [1.807, 2.05) is 19.1 Å². The maximum absolute atomic E-state index is 11.0. The van der Waals surface area contributed by atoms with Crippen LogP contribution < -0.4 is 0 Å². The summed E-state index contributed by atoms with van der Waals surface area (Å²) in [6, 6.07) is 6.92. The number of carbonyl (C=O) groups is 1. The molecule has 1 aromatic rings. The summed E-state index contributed by atoms with van der Waals surface area (Å²) in [6.45, 7) is 1.97. The van der Waals surface area contributed by atoms with Crippen molar-refractivity contribution in [3.8, 4) is 5.75 Å². The number of methoxy groups -OCH3 is 1. The van der Waals surface area contributed by atoms with Crippen molar-refractivity contribution in [3.05, 3.63) is 24.3 Å². The zero-order chi connectivity index (χ0) is 11.3. The number of aromatic hydroxyl groups is 1. The van der Waals surface area contributed by atoms with Gasteiger partial charge in [0.15, 0.2) is 0 Å². The number of rotatable bonds is 4. The number of hydrogen-bond donors (Lipinski definition) is 1. The van der Waals surface area contributed by atoms with E-state index >= 15 is 0 Å². The molecular weight excluding hydrogens is 212 g/mol. The molecule has 0 amide bonds. The molecule has 82 valence electrons. The Bertz CT molecular complexity index is 321. The van der Waals surface area contributed by atoms with E-state index in [0.29, 0.717) is 6.42 Å². The second-order valence-electron chi connectivity index (χ2n) is 3.20. The molecule has 0 aliphatic carbocycles. The fraction of sp³-hybridized carbons (Fsp3) is 0.364. The normalized spacial score (nSPS) is 12.1. The molecule has 0 saturated carbocycles. The van der Waals surface area contributed by atoms with Gasteiger partial charge < -0.3 is 9.84 Å². The highest BCUT2D eigenvalue weighted by atomic mass is 32.2. The van der Waals surface area contributed by atoms with Crippen LogP contribution in [0.4, 0.5) is 0 Å². The molecule has 15 heavy (non-hydrogen) atoms. The minimum atomic E-state index is -0.200. The van der Waals surface area contributed by atoms with Crippen molar-refractivity contribution in [2.45, 2.75) is 23.5 Å². The molecule has 1 unspecified atom stereocenters. The van der Waals surface area contributed by atoms with Crippen molar-refractivity contribution >= 4 is 17.7 Å². The predicted molar refractivity (Wildman–Crippen MR) is 60.1 cm³/mol. The molecule has 0 spiro atoms. The van der Waals surface area contributed by atoms with Gasteiger partial charge in [0, 0.05) is 10.1 Å². The lowest BCUT2D eigenvalue weighted by Gasteiger charge is -2.09. The molecule has 0 aliphatic heterocycles. The van der Waals surface area contributed by atoms with Gasteiger partial charge in [-0.15, -0.1) is 11.8 Å². The topological polar surface area (TPSA) is 46.5 Å². The van der Waals surface area contributed by atoms with Crippen LogP contribution in [-0.4, -0.2) is 23.4 Å². The van der Waals surface area contributed by atoms with Gasteiger partial charge in [0.05, 0.1) is 13.5 Å². The first-order valence-corrected chi connectivity index (χ1v) is 5.52. The summed E-state index contributed by atoms with van der Waals surface area (Å²) in [4.78, 5) is 12.0. The number of ether oxygens (including phenoxy) is 1. The highest BCUT2D eigenvalue weighted by molar-refractivity contribution is 8.00. The summed E-state index contributed by atoms with van der Waals surface area (Å²) < 4.78 is 4.59. The van der Waals surface area contributed by atoms with Gasteiger partial charge in [0.25, 0.3) is 0 Å². The van der Waals surface area contributed by atoms with Gasteiger partial charge in [0.1, 0.15) is 5.75 Å². The van der Waals surface area contributed by atoms with Gasteiger partial charge in [0.2, 0.25) is 0 Å². The molecule has 0 heterocycles. The Morgan fingerprint density at radius 1 is 1.47 bits per heavy atom. The predicted octanol–water partition coefficient (Wildman–Crippen LogP) is 2.44. The van der Waals surface area contributed by atoms with E-state index in [2.05, 4.69) is 4.74 Å². The molecule has 1 rings (SSSR count). The molecule has 1 aromatic carbocycles. The van der Waals surface area contributed by atoms with Crippen LogP contribution in [0.3, 0.4) is 0 Å². The summed E-state index contributed by atoms with van der Waals surface area (Å²) in [5.74, 6) is 0.0498. The molecule has 0 aromatic heterocycles. The zero-order valence-corrected chi connectivity index (χ0v) is 9.58. The van der Waals surface area contributed by atoms with Crippen LogP contribution in [0.25, 0.3) is 0 Å². The number of esters is 1. The summed E-state index contributed by atoms with van der Waals surface area (Å²) in [7, 11) is 1.39. The Balaban J connectivity index is 2.47. The number of carbonyl (C=O) groups excluding carboxylic acids is 1. The van der Waals surface area contributed by atoms with E-state index in [1.54, 1.807) is 23.9 Å².